The summed E-state index contributed by atoms with van der Waals surface area (Å²) in [5.74, 6) is 0. The summed E-state index contributed by atoms with van der Waals surface area (Å²) in [6.45, 7) is 2.87. The van der Waals surface area contributed by atoms with Gasteiger partial charge >= 0.3 is 126 Å². The van der Waals surface area contributed by atoms with Crippen molar-refractivity contribution in [1.29, 1.82) is 0 Å². The van der Waals surface area contributed by atoms with Crippen LogP contribution >= 0.6 is 15.9 Å². The summed E-state index contributed by atoms with van der Waals surface area (Å²) in [4.78, 5) is 0. The van der Waals surface area contributed by atoms with Crippen LogP contribution in [0.3, 0.4) is 0 Å². The SMILES string of the molecule is Cc1ccc(CNc2cccc3c2N=[Se]=N3)c(Br)c1. The normalized spacial score (nSPS) is 12.1. The second-order valence-corrected chi connectivity index (χ2v) is 6.35. The molecule has 5 heteroatoms. The number of hydrogen-bond donors (Lipinski definition) is 1. The second kappa shape index (κ2) is 5.45. The zero-order valence-corrected chi connectivity index (χ0v) is 13.7. The molecule has 0 spiro atoms. The summed E-state index contributed by atoms with van der Waals surface area (Å²) in [6.07, 6.45) is 0. The van der Waals surface area contributed by atoms with Gasteiger partial charge in [-0.25, -0.2) is 0 Å². The number of halogens is 1. The van der Waals surface area contributed by atoms with Crippen molar-refractivity contribution in [3.05, 3.63) is 52.0 Å². The van der Waals surface area contributed by atoms with Crippen LogP contribution in [0.2, 0.25) is 0 Å². The van der Waals surface area contributed by atoms with Gasteiger partial charge in [0.15, 0.2) is 0 Å². The molecule has 3 nitrogen and oxygen atoms in total. The number of rotatable bonds is 3. The zero-order chi connectivity index (χ0) is 13.2. The minimum atomic E-state index is 0.0184. The van der Waals surface area contributed by atoms with Crippen molar-refractivity contribution < 1.29 is 0 Å². The van der Waals surface area contributed by atoms with Crippen molar-refractivity contribution in [1.82, 2.24) is 0 Å². The Labute approximate surface area is 126 Å². The molecule has 3 rings (SSSR count). The molecule has 0 fully saturated rings. The Kier molecular flexibility index (Phi) is 3.69. The number of benzene rings is 2. The minimum absolute atomic E-state index is 0.0184. The van der Waals surface area contributed by atoms with Crippen LogP contribution in [0.25, 0.3) is 0 Å². The topological polar surface area (TPSA) is 36.8 Å². The van der Waals surface area contributed by atoms with Gasteiger partial charge in [0.2, 0.25) is 0 Å². The van der Waals surface area contributed by atoms with Gasteiger partial charge in [0.05, 0.1) is 0 Å². The monoisotopic (exact) mass is 381 g/mol. The van der Waals surface area contributed by atoms with E-state index >= 15 is 0 Å². The second-order valence-electron chi connectivity index (χ2n) is 4.39. The van der Waals surface area contributed by atoms with E-state index < -0.39 is 0 Å². The van der Waals surface area contributed by atoms with Gasteiger partial charge in [-0.15, -0.1) is 0 Å². The van der Waals surface area contributed by atoms with Gasteiger partial charge in [-0.3, -0.25) is 0 Å². The Morgan fingerprint density at radius 3 is 2.95 bits per heavy atom. The molecule has 0 radical (unpaired) electrons. The maximum absolute atomic E-state index is 4.47. The molecule has 0 atom stereocenters. The maximum atomic E-state index is 4.47. The molecule has 0 unspecified atom stereocenters. The molecule has 0 aliphatic carbocycles. The summed E-state index contributed by atoms with van der Waals surface area (Å²) in [7, 11) is 0. The Morgan fingerprint density at radius 2 is 2.11 bits per heavy atom. The van der Waals surface area contributed by atoms with Crippen LogP contribution in [0.4, 0.5) is 17.1 Å². The van der Waals surface area contributed by atoms with E-state index in [0.29, 0.717) is 0 Å². The van der Waals surface area contributed by atoms with E-state index in [-0.39, 0.29) is 14.6 Å². The van der Waals surface area contributed by atoms with Crippen molar-refractivity contribution in [3.63, 3.8) is 0 Å². The predicted molar refractivity (Wildman–Crippen MR) is 82.6 cm³/mol. The van der Waals surface area contributed by atoms with Gasteiger partial charge in [0.1, 0.15) is 0 Å². The van der Waals surface area contributed by atoms with Gasteiger partial charge < -0.3 is 0 Å². The van der Waals surface area contributed by atoms with E-state index in [9.17, 15) is 0 Å². The summed E-state index contributed by atoms with van der Waals surface area (Å²) in [5.41, 5.74) is 5.57. The molecule has 0 saturated heterocycles. The average molecular weight is 381 g/mol. The molecule has 1 heterocycles. The predicted octanol–water partition coefficient (Wildman–Crippen LogP) is 4.72. The van der Waals surface area contributed by atoms with Crippen molar-refractivity contribution in [2.45, 2.75) is 13.5 Å². The summed E-state index contributed by atoms with van der Waals surface area (Å²) < 4.78 is 10.00. The van der Waals surface area contributed by atoms with Gasteiger partial charge in [0, 0.05) is 0 Å². The molecule has 1 N–H and O–H groups in total. The molecule has 1 aliphatic heterocycles. The number of anilines is 1. The Balaban J connectivity index is 1.80. The van der Waals surface area contributed by atoms with Gasteiger partial charge in [0.25, 0.3) is 0 Å². The van der Waals surface area contributed by atoms with Crippen molar-refractivity contribution in [2.24, 2.45) is 7.92 Å². The van der Waals surface area contributed by atoms with Crippen LogP contribution < -0.4 is 5.32 Å². The molecule has 0 bridgehead atoms. The number of aryl methyl sites for hydroxylation is 1. The Bertz CT molecular complexity index is 706. The first-order valence-corrected chi connectivity index (χ1v) is 8.27. The Hall–Kier alpha value is -1.16. The molecule has 0 amide bonds. The number of nitrogens with zero attached hydrogens (tertiary/aromatic N) is 2. The summed E-state index contributed by atoms with van der Waals surface area (Å²) >= 11 is 3.62. The first kappa shape index (κ1) is 12.9. The number of hydrogen-bond acceptors (Lipinski definition) is 3. The third-order valence-corrected chi connectivity index (χ3v) is 4.84. The molecular weight excluding hydrogens is 369 g/mol. The van der Waals surface area contributed by atoms with E-state index in [0.717, 1.165) is 28.1 Å². The standard InChI is InChI=1S/C14H12BrN3Se/c1-9-5-6-10(11(15)7-9)8-16-12-3-2-4-13-14(12)18-19-17-13/h2-7,16H,8H2,1H3. The molecule has 0 saturated carbocycles. The first-order valence-electron chi connectivity index (χ1n) is 5.94. The third-order valence-electron chi connectivity index (χ3n) is 2.96. The molecule has 2 aromatic carbocycles. The zero-order valence-electron chi connectivity index (χ0n) is 10.4. The van der Waals surface area contributed by atoms with Crippen LogP contribution in [-0.4, -0.2) is 14.6 Å². The quantitative estimate of drug-likeness (QED) is 0.656. The fourth-order valence-electron chi connectivity index (χ4n) is 1.93. The molecule has 19 heavy (non-hydrogen) atoms. The van der Waals surface area contributed by atoms with Gasteiger partial charge in [-0.1, -0.05) is 0 Å². The van der Waals surface area contributed by atoms with E-state index in [1.165, 1.54) is 11.1 Å². The molecular formula is C14H12BrN3Se. The van der Waals surface area contributed by atoms with Crippen LogP contribution in [0.15, 0.2) is 48.8 Å². The fraction of sp³-hybridized carbons (Fsp3) is 0.143. The van der Waals surface area contributed by atoms with Crippen LogP contribution in [0, 0.1) is 6.92 Å². The van der Waals surface area contributed by atoms with Crippen LogP contribution in [0.5, 0.6) is 0 Å². The van der Waals surface area contributed by atoms with E-state index in [4.69, 9.17) is 0 Å². The number of fused-ring (bicyclic) bond motifs is 1. The molecule has 1 aliphatic rings. The van der Waals surface area contributed by atoms with E-state index in [1.54, 1.807) is 0 Å². The first-order chi connectivity index (χ1) is 9.24. The van der Waals surface area contributed by atoms with Crippen LogP contribution in [0.1, 0.15) is 11.1 Å². The number of nitrogens with one attached hydrogen (secondary N) is 1. The Morgan fingerprint density at radius 1 is 1.21 bits per heavy atom. The molecule has 96 valence electrons. The molecule has 2 aromatic rings. The van der Waals surface area contributed by atoms with E-state index in [2.05, 4.69) is 60.4 Å². The van der Waals surface area contributed by atoms with Gasteiger partial charge in [-0.05, 0) is 0 Å². The average Bonchev–Trinajstić information content (AvgIpc) is 2.86. The molecule has 0 aromatic heterocycles. The van der Waals surface area contributed by atoms with Crippen molar-refractivity contribution in [3.8, 4) is 0 Å². The van der Waals surface area contributed by atoms with Crippen LogP contribution in [-0.2, 0) is 6.54 Å². The van der Waals surface area contributed by atoms with E-state index in [1.807, 2.05) is 12.1 Å². The third kappa shape index (κ3) is 2.73. The van der Waals surface area contributed by atoms with Crippen molar-refractivity contribution in [2.75, 3.05) is 5.32 Å². The van der Waals surface area contributed by atoms with Gasteiger partial charge in [-0.2, -0.15) is 0 Å². The summed E-state index contributed by atoms with van der Waals surface area (Å²) in [6, 6.07) is 12.5. The van der Waals surface area contributed by atoms with Crippen molar-refractivity contribution >= 4 is 47.6 Å². The summed E-state index contributed by atoms with van der Waals surface area (Å²) in [5, 5.41) is 3.45. The fourth-order valence-corrected chi connectivity index (χ4v) is 3.72.